The van der Waals surface area contributed by atoms with E-state index in [-0.39, 0.29) is 49.8 Å². The number of halogens is 3. The highest BCUT2D eigenvalue weighted by atomic mass is 32.2. The summed E-state index contributed by atoms with van der Waals surface area (Å²) >= 11 is 1.55. The van der Waals surface area contributed by atoms with E-state index in [0.29, 0.717) is 57.3 Å². The number of aromatic hydroxyl groups is 1. The lowest BCUT2D eigenvalue weighted by Crippen LogP contribution is -2.57. The Hall–Kier alpha value is -7.14. The number of aryl methyl sites for hydroxylation is 1. The van der Waals surface area contributed by atoms with E-state index in [2.05, 4.69) is 25.7 Å². The summed E-state index contributed by atoms with van der Waals surface area (Å²) in [4.78, 5) is 52.0. The van der Waals surface area contributed by atoms with E-state index in [9.17, 15) is 46.2 Å². The van der Waals surface area contributed by atoms with Gasteiger partial charge in [-0.1, -0.05) is 69.3 Å². The molecule has 2 aromatic heterocycles. The Labute approximate surface area is 460 Å². The van der Waals surface area contributed by atoms with Crippen LogP contribution in [0.2, 0.25) is 0 Å². The fourth-order valence-electron chi connectivity index (χ4n) is 10.5. The number of nitrogens with zero attached hydrogens (tertiary/aromatic N) is 6. The Morgan fingerprint density at radius 1 is 0.886 bits per heavy atom. The number of rotatable bonds is 20. The van der Waals surface area contributed by atoms with Crippen molar-refractivity contribution in [1.82, 2.24) is 35.3 Å². The molecule has 418 valence electrons. The quantitative estimate of drug-likeness (QED) is 0.0529. The van der Waals surface area contributed by atoms with Crippen molar-refractivity contribution in [2.45, 2.75) is 121 Å². The molecular weight excluding hydrogens is 1060 g/mol. The van der Waals surface area contributed by atoms with Crippen LogP contribution in [-0.4, -0.2) is 123 Å². The Morgan fingerprint density at radius 3 is 2.19 bits per heavy atom. The van der Waals surface area contributed by atoms with Gasteiger partial charge in [0.05, 0.1) is 52.3 Å². The largest absolute Gasteiger partial charge is 0.508 e. The van der Waals surface area contributed by atoms with Crippen molar-refractivity contribution in [1.29, 1.82) is 0 Å². The minimum atomic E-state index is -4.90. The van der Waals surface area contributed by atoms with Gasteiger partial charge in [-0.3, -0.25) is 18.7 Å². The molecule has 0 aliphatic carbocycles. The fraction of sp³-hybridized carbons (Fsp3) is 0.404. The van der Waals surface area contributed by atoms with Gasteiger partial charge in [-0.05, 0) is 127 Å². The van der Waals surface area contributed by atoms with Crippen LogP contribution in [0, 0.1) is 12.3 Å². The van der Waals surface area contributed by atoms with Crippen molar-refractivity contribution in [2.75, 3.05) is 24.0 Å². The number of fused-ring (bicyclic) bond motifs is 2. The number of carbonyl (C=O) groups excluding carboxylic acids is 3. The Bertz CT molecular complexity index is 3260. The Balaban J connectivity index is 0.784. The molecule has 3 aliphatic heterocycles. The number of sulfonamides is 1. The second-order valence-corrected chi connectivity index (χ2v) is 24.2. The second kappa shape index (κ2) is 23.3. The second-order valence-electron chi connectivity index (χ2n) is 21.3. The molecule has 2 fully saturated rings. The predicted octanol–water partition coefficient (Wildman–Crippen LogP) is 8.56. The maximum atomic E-state index is 14.6. The van der Waals surface area contributed by atoms with Crippen LogP contribution in [0.3, 0.4) is 0 Å². The van der Waals surface area contributed by atoms with E-state index in [1.54, 1.807) is 57.9 Å². The third kappa shape index (κ3) is 12.8. The van der Waals surface area contributed by atoms with E-state index in [1.807, 2.05) is 58.9 Å². The van der Waals surface area contributed by atoms with Gasteiger partial charge in [0.15, 0.2) is 0 Å². The summed E-state index contributed by atoms with van der Waals surface area (Å²) in [6, 6.07) is 24.3. The number of anilines is 1. The summed E-state index contributed by atoms with van der Waals surface area (Å²) in [7, 11) is -4.75. The van der Waals surface area contributed by atoms with Crippen molar-refractivity contribution in [2.24, 2.45) is 5.41 Å². The molecule has 0 radical (unpaired) electrons. The first-order valence-corrected chi connectivity index (χ1v) is 28.5. The lowest BCUT2D eigenvalue weighted by atomic mass is 9.83. The third-order valence-corrected chi connectivity index (χ3v) is 17.7. The number of amides is 3. The number of benzene rings is 4. The molecule has 9 rings (SSSR count). The summed E-state index contributed by atoms with van der Waals surface area (Å²) in [6.07, 6.45) is -3.29. The van der Waals surface area contributed by atoms with Crippen LogP contribution in [0.25, 0.3) is 27.3 Å². The minimum Gasteiger partial charge on any atom is -0.508 e. The molecule has 4 N–H and O–H groups in total. The molecule has 6 aromatic rings. The Kier molecular flexibility index (Phi) is 16.7. The molecule has 3 aliphatic rings. The zero-order chi connectivity index (χ0) is 56.4. The summed E-state index contributed by atoms with van der Waals surface area (Å²) in [5, 5.41) is 29.4. The molecule has 22 heteroatoms. The van der Waals surface area contributed by atoms with E-state index in [1.165, 1.54) is 54.0 Å². The van der Waals surface area contributed by atoms with Gasteiger partial charge in [0.25, 0.3) is 0 Å². The van der Waals surface area contributed by atoms with Gasteiger partial charge in [0.2, 0.25) is 27.7 Å². The van der Waals surface area contributed by atoms with E-state index in [0.717, 1.165) is 21.7 Å². The molecule has 3 unspecified atom stereocenters. The SMILES string of the molecule is Cc1ncsc1-c1ccc([C@H](C)NC(=O)[C@@H]2C[C@@H](O)CN2C(=O)[C@@H](NC(=O)CCCCCOc2ccc(N(CC(F)(F)F)S(=O)(=O)C3CC4OC3C(c3ccc(-n5cncn5)cc3)=C4c3ccc(O)cc3)cc2)C(C)(C)C)cc1. The van der Waals surface area contributed by atoms with Crippen LogP contribution < -0.4 is 19.7 Å². The molecule has 7 atom stereocenters. The predicted molar refractivity (Wildman–Crippen MR) is 292 cm³/mol. The maximum Gasteiger partial charge on any atom is 0.407 e. The molecular formula is C57H63F3N8O9S2. The van der Waals surface area contributed by atoms with Crippen LogP contribution in [0.5, 0.6) is 11.5 Å². The molecule has 0 spiro atoms. The number of hydrogen-bond acceptors (Lipinski definition) is 13. The maximum absolute atomic E-state index is 14.6. The van der Waals surface area contributed by atoms with Crippen molar-refractivity contribution in [3.05, 3.63) is 138 Å². The number of β-amino-alcohol motifs (C(OH)–C–C–N with tert-alkyl or cyclic N) is 1. The number of ether oxygens (including phenoxy) is 2. The van der Waals surface area contributed by atoms with Gasteiger partial charge in [0.1, 0.15) is 54.1 Å². The molecule has 0 saturated carbocycles. The van der Waals surface area contributed by atoms with Gasteiger partial charge in [0, 0.05) is 19.4 Å². The summed E-state index contributed by atoms with van der Waals surface area (Å²) < 4.78 is 86.4. The van der Waals surface area contributed by atoms with Gasteiger partial charge in [-0.15, -0.1) is 11.3 Å². The highest BCUT2D eigenvalue weighted by Crippen LogP contribution is 2.52. The monoisotopic (exact) mass is 1120 g/mol. The molecule has 5 heterocycles. The standard InChI is InChI=1S/C57H63F3N8O9S2/c1-34(36-10-12-39(13-11-36)52-35(2)62-33-78-52)64-54(72)45-27-43(70)29-66(45)55(73)53(56(3,4)5)65-48(71)9-7-6-8-26-76-44-24-20-41(21-25-44)68(30-57(58,59)60)79(74,75)47-28-46-49(37-16-22-42(69)23-17-37)50(51(47)77-46)38-14-18-40(19-15-38)67-32-61-31-63-67/h10-25,31-34,43,45-47,51,53,69-70H,6-9,26-30H2,1-5H3,(H,64,72)(H,65,71)/t34-,43+,45-,46?,47?,51?,53+/m0/s1. The molecule has 4 aromatic carbocycles. The number of hydrogen-bond donors (Lipinski definition) is 4. The third-order valence-electron chi connectivity index (χ3n) is 14.5. The number of phenols is 1. The van der Waals surface area contributed by atoms with Crippen LogP contribution in [-0.2, 0) is 29.1 Å². The van der Waals surface area contributed by atoms with Crippen molar-refractivity contribution in [3.63, 3.8) is 0 Å². The number of alkyl halides is 3. The molecule has 2 saturated heterocycles. The average Bonchev–Trinajstić information content (AvgIpc) is 4.50. The topological polar surface area (TPSA) is 218 Å². The molecule has 3 amide bonds. The van der Waals surface area contributed by atoms with Crippen molar-refractivity contribution in [3.8, 4) is 27.6 Å². The van der Waals surface area contributed by atoms with Crippen LogP contribution in [0.1, 0.15) is 94.6 Å². The number of likely N-dealkylation sites (tertiary alicyclic amines) is 1. The lowest BCUT2D eigenvalue weighted by Gasteiger charge is -2.35. The smallest absolute Gasteiger partial charge is 0.407 e. The number of aromatic nitrogens is 4. The van der Waals surface area contributed by atoms with Crippen molar-refractivity contribution < 1.29 is 55.7 Å². The molecule has 2 bridgehead atoms. The fourth-order valence-corrected chi connectivity index (χ4v) is 13.3. The number of thiazole rings is 1. The average molecular weight is 1130 g/mol. The summed E-state index contributed by atoms with van der Waals surface area (Å²) in [5.41, 5.74) is 6.82. The van der Waals surface area contributed by atoms with E-state index < -0.39 is 81.7 Å². The highest BCUT2D eigenvalue weighted by Gasteiger charge is 2.55. The lowest BCUT2D eigenvalue weighted by molar-refractivity contribution is -0.144. The van der Waals surface area contributed by atoms with Crippen LogP contribution in [0.4, 0.5) is 18.9 Å². The summed E-state index contributed by atoms with van der Waals surface area (Å²) in [6.45, 7) is 7.59. The van der Waals surface area contributed by atoms with Gasteiger partial charge >= 0.3 is 6.18 Å². The number of nitrogens with one attached hydrogen (secondary N) is 2. The number of unbranched alkanes of at least 4 members (excludes halogenated alkanes) is 2. The first-order chi connectivity index (χ1) is 37.5. The molecule has 17 nitrogen and oxygen atoms in total. The van der Waals surface area contributed by atoms with E-state index in [4.69, 9.17) is 9.47 Å². The van der Waals surface area contributed by atoms with Gasteiger partial charge in [-0.2, -0.15) is 18.3 Å². The number of phenolic OH excluding ortho intramolecular Hbond substituents is 1. The van der Waals surface area contributed by atoms with Crippen LogP contribution >= 0.6 is 11.3 Å². The number of aliphatic hydroxyl groups excluding tert-OH is 1. The Morgan fingerprint density at radius 2 is 1.56 bits per heavy atom. The van der Waals surface area contributed by atoms with Crippen molar-refractivity contribution >= 4 is 55.9 Å². The number of carbonyl (C=O) groups is 3. The minimum absolute atomic E-state index is 0.0270. The first kappa shape index (κ1) is 56.6. The number of aliphatic hydroxyl groups is 1. The molecule has 79 heavy (non-hydrogen) atoms. The normalized spacial score (nSPS) is 20.1. The van der Waals surface area contributed by atoms with Gasteiger partial charge in [-0.25, -0.2) is 23.1 Å². The zero-order valence-electron chi connectivity index (χ0n) is 44.3. The zero-order valence-corrected chi connectivity index (χ0v) is 45.9. The van der Waals surface area contributed by atoms with Gasteiger partial charge < -0.3 is 35.2 Å². The highest BCUT2D eigenvalue weighted by molar-refractivity contribution is 7.93. The van der Waals surface area contributed by atoms with Crippen LogP contribution in [0.15, 0.2) is 115 Å². The van der Waals surface area contributed by atoms with E-state index >= 15 is 0 Å². The first-order valence-electron chi connectivity index (χ1n) is 26.1. The summed E-state index contributed by atoms with van der Waals surface area (Å²) in [5.74, 6) is -0.923.